The maximum Gasteiger partial charge on any atom is 0.262 e. The number of allylic oxidation sites excluding steroid dienone is 2. The Balaban J connectivity index is 1.55. The Bertz CT molecular complexity index is 945. The number of benzene rings is 2. The average molecular weight is 459 g/mol. The molecule has 1 aliphatic carbocycles. The van der Waals surface area contributed by atoms with E-state index in [0.29, 0.717) is 6.61 Å². The lowest BCUT2D eigenvalue weighted by atomic mass is 9.91. The lowest BCUT2D eigenvalue weighted by Crippen LogP contribution is -2.66. The van der Waals surface area contributed by atoms with Crippen molar-refractivity contribution in [1.82, 2.24) is 0 Å². The van der Waals surface area contributed by atoms with Crippen LogP contribution in [0.5, 0.6) is 0 Å². The van der Waals surface area contributed by atoms with E-state index in [1.54, 1.807) is 5.57 Å². The van der Waals surface area contributed by atoms with Gasteiger partial charge in [-0.1, -0.05) is 99.7 Å². The van der Waals surface area contributed by atoms with Crippen LogP contribution in [0.4, 0.5) is 0 Å². The fourth-order valence-corrected chi connectivity index (χ4v) is 9.86. The Kier molecular flexibility index (Phi) is 7.78. The summed E-state index contributed by atoms with van der Waals surface area (Å²) >= 11 is 0. The van der Waals surface area contributed by atoms with Gasteiger partial charge in [-0.2, -0.15) is 0 Å². The van der Waals surface area contributed by atoms with E-state index < -0.39 is 8.32 Å². The van der Waals surface area contributed by atoms with Crippen LogP contribution < -0.4 is 10.4 Å². The van der Waals surface area contributed by atoms with Crippen molar-refractivity contribution in [3.05, 3.63) is 72.0 Å². The lowest BCUT2D eigenvalue weighted by molar-refractivity contribution is 0.110. The third-order valence-corrected chi connectivity index (χ3v) is 12.0. The highest BCUT2D eigenvalue weighted by Crippen LogP contribution is 2.36. The summed E-state index contributed by atoms with van der Waals surface area (Å²) in [6.07, 6.45) is 9.70. The van der Waals surface area contributed by atoms with Crippen molar-refractivity contribution in [2.75, 3.05) is 6.61 Å². The summed E-state index contributed by atoms with van der Waals surface area (Å²) in [7, 11) is -2.53. The molecule has 0 N–H and O–H groups in total. The first-order valence-corrected chi connectivity index (χ1v) is 14.5. The highest BCUT2D eigenvalue weighted by atomic mass is 28.4. The summed E-state index contributed by atoms with van der Waals surface area (Å²) in [5.41, 5.74) is 1.55. The zero-order chi connectivity index (χ0) is 23.2. The Labute approximate surface area is 201 Å². The molecule has 1 saturated heterocycles. The molecule has 0 amide bonds. The summed E-state index contributed by atoms with van der Waals surface area (Å²) in [5, 5.41) is 2.56. The highest BCUT2D eigenvalue weighted by Gasteiger charge is 2.50. The topological polar surface area (TPSA) is 18.5 Å². The molecule has 1 atom stereocenters. The molecule has 4 rings (SSSR count). The summed E-state index contributed by atoms with van der Waals surface area (Å²) in [6.45, 7) is 7.34. The maximum atomic E-state index is 6.90. The molecule has 3 heteroatoms. The van der Waals surface area contributed by atoms with Gasteiger partial charge in [0, 0.05) is 6.42 Å². The smallest absolute Gasteiger partial charge is 0.262 e. The molecule has 2 aromatic rings. The second-order valence-corrected chi connectivity index (χ2v) is 14.7. The average Bonchev–Trinajstić information content (AvgIpc) is 2.85. The standard InChI is InChI=1S/C30H38O2Si/c1-30(2,3)33(27-19-9-5-10-20-27,28-21-11-6-12-22-28)31-24-14-18-26-17-13-23-29(32-26)25-15-7-4-8-16-25/h5-6,9-12,19-22,26H,4,7-8,13,15-17,23-24H2,1-3H3. The molecule has 33 heavy (non-hydrogen) atoms. The molecular weight excluding hydrogens is 420 g/mol. The fraction of sp³-hybridized carbons (Fsp3) is 0.467. The van der Waals surface area contributed by atoms with Crippen molar-refractivity contribution in [2.24, 2.45) is 0 Å². The zero-order valence-corrected chi connectivity index (χ0v) is 21.5. The molecule has 174 valence electrons. The van der Waals surface area contributed by atoms with Crippen LogP contribution in [0.2, 0.25) is 5.04 Å². The third kappa shape index (κ3) is 5.45. The van der Waals surface area contributed by atoms with E-state index in [4.69, 9.17) is 9.16 Å². The van der Waals surface area contributed by atoms with Crippen LogP contribution in [-0.4, -0.2) is 21.0 Å². The second kappa shape index (κ2) is 10.8. The summed E-state index contributed by atoms with van der Waals surface area (Å²) in [5.74, 6) is 8.01. The van der Waals surface area contributed by atoms with Gasteiger partial charge in [0.25, 0.3) is 8.32 Å². The van der Waals surface area contributed by atoms with Gasteiger partial charge in [0.1, 0.15) is 0 Å². The Morgan fingerprint density at radius 1 is 0.848 bits per heavy atom. The zero-order valence-electron chi connectivity index (χ0n) is 20.5. The van der Waals surface area contributed by atoms with Gasteiger partial charge in [-0.05, 0) is 59.5 Å². The number of hydrogen-bond donors (Lipinski definition) is 0. The van der Waals surface area contributed by atoms with Crippen molar-refractivity contribution in [3.63, 3.8) is 0 Å². The first-order valence-electron chi connectivity index (χ1n) is 12.6. The number of rotatable bonds is 4. The molecule has 2 fully saturated rings. The van der Waals surface area contributed by atoms with Gasteiger partial charge >= 0.3 is 0 Å². The third-order valence-electron chi connectivity index (χ3n) is 7.05. The molecule has 1 heterocycles. The van der Waals surface area contributed by atoms with Crippen LogP contribution in [0.1, 0.15) is 72.1 Å². The van der Waals surface area contributed by atoms with E-state index >= 15 is 0 Å². The van der Waals surface area contributed by atoms with Crippen LogP contribution in [-0.2, 0) is 9.16 Å². The van der Waals surface area contributed by atoms with Crippen LogP contribution in [0, 0.1) is 11.8 Å². The normalized spacial score (nSPS) is 19.4. The van der Waals surface area contributed by atoms with E-state index in [1.165, 1.54) is 54.7 Å². The molecule has 1 unspecified atom stereocenters. The first kappa shape index (κ1) is 23.9. The summed E-state index contributed by atoms with van der Waals surface area (Å²) in [4.78, 5) is 0. The van der Waals surface area contributed by atoms with Gasteiger partial charge in [0.15, 0.2) is 6.10 Å². The van der Waals surface area contributed by atoms with E-state index in [-0.39, 0.29) is 11.1 Å². The Morgan fingerprint density at radius 2 is 1.45 bits per heavy atom. The molecule has 2 aliphatic rings. The van der Waals surface area contributed by atoms with Crippen molar-refractivity contribution in [2.45, 2.75) is 83.3 Å². The molecule has 0 aromatic heterocycles. The molecule has 1 saturated carbocycles. The lowest BCUT2D eigenvalue weighted by Gasteiger charge is -2.42. The van der Waals surface area contributed by atoms with Crippen molar-refractivity contribution < 1.29 is 9.16 Å². The molecule has 1 aliphatic heterocycles. The van der Waals surface area contributed by atoms with E-state index in [1.807, 2.05) is 0 Å². The van der Waals surface area contributed by atoms with Gasteiger partial charge in [0.2, 0.25) is 0 Å². The van der Waals surface area contributed by atoms with Crippen molar-refractivity contribution in [1.29, 1.82) is 0 Å². The van der Waals surface area contributed by atoms with E-state index in [0.717, 1.165) is 12.8 Å². The predicted molar refractivity (Wildman–Crippen MR) is 140 cm³/mol. The van der Waals surface area contributed by atoms with Crippen molar-refractivity contribution >= 4 is 18.7 Å². The van der Waals surface area contributed by atoms with Gasteiger partial charge < -0.3 is 9.16 Å². The van der Waals surface area contributed by atoms with E-state index in [9.17, 15) is 0 Å². The molecule has 0 radical (unpaired) electrons. The fourth-order valence-electron chi connectivity index (χ4n) is 5.42. The van der Waals surface area contributed by atoms with Crippen LogP contribution in [0.3, 0.4) is 0 Å². The SMILES string of the molecule is CC(C)(C)[Si](OCC#CC1CCCC(=C2CCCCC2)O1)(c1ccccc1)c1ccccc1. The van der Waals surface area contributed by atoms with Crippen LogP contribution in [0.25, 0.3) is 0 Å². The van der Waals surface area contributed by atoms with Crippen LogP contribution >= 0.6 is 0 Å². The van der Waals surface area contributed by atoms with Gasteiger partial charge in [-0.15, -0.1) is 0 Å². The summed E-state index contributed by atoms with van der Waals surface area (Å²) < 4.78 is 13.3. The Morgan fingerprint density at radius 3 is 2.03 bits per heavy atom. The first-order chi connectivity index (χ1) is 16.0. The Hall–Kier alpha value is -2.28. The molecular formula is C30H38O2Si. The molecule has 0 spiro atoms. The maximum absolute atomic E-state index is 6.90. The quantitative estimate of drug-likeness (QED) is 0.392. The number of hydrogen-bond acceptors (Lipinski definition) is 2. The predicted octanol–water partition coefficient (Wildman–Crippen LogP) is 6.35. The molecule has 0 bridgehead atoms. The largest absolute Gasteiger partial charge is 0.482 e. The second-order valence-electron chi connectivity index (χ2n) is 10.4. The summed E-state index contributed by atoms with van der Waals surface area (Å²) in [6, 6.07) is 21.6. The minimum atomic E-state index is -2.53. The minimum absolute atomic E-state index is 0.00549. The van der Waals surface area contributed by atoms with Gasteiger partial charge in [0.05, 0.1) is 12.4 Å². The number of ether oxygens (including phenoxy) is 1. The van der Waals surface area contributed by atoms with E-state index in [2.05, 4.69) is 93.3 Å². The van der Waals surface area contributed by atoms with Crippen LogP contribution in [0.15, 0.2) is 72.0 Å². The minimum Gasteiger partial charge on any atom is -0.482 e. The highest BCUT2D eigenvalue weighted by molar-refractivity contribution is 6.99. The molecule has 2 aromatic carbocycles. The van der Waals surface area contributed by atoms with Crippen molar-refractivity contribution in [3.8, 4) is 11.8 Å². The molecule has 2 nitrogen and oxygen atoms in total. The van der Waals surface area contributed by atoms with Gasteiger partial charge in [-0.25, -0.2) is 0 Å². The van der Waals surface area contributed by atoms with Gasteiger partial charge in [-0.3, -0.25) is 0 Å². The monoisotopic (exact) mass is 458 g/mol.